The molecule has 1 heterocycles. The Kier molecular flexibility index (Phi) is 28.3. The van der Waals surface area contributed by atoms with Gasteiger partial charge in [-0.05, 0) is 77.0 Å². The van der Waals surface area contributed by atoms with E-state index < -0.39 is 49.5 Å². The third kappa shape index (κ3) is 22.2. The van der Waals surface area contributed by atoms with Crippen LogP contribution in [0.25, 0.3) is 0 Å². The van der Waals surface area contributed by atoms with Gasteiger partial charge in [-0.25, -0.2) is 0 Å². The fourth-order valence-electron chi connectivity index (χ4n) is 5.10. The van der Waals surface area contributed by atoms with E-state index in [9.17, 15) is 30.3 Å². The third-order valence-corrected chi connectivity index (χ3v) is 8.18. The van der Waals surface area contributed by atoms with Gasteiger partial charge in [0.2, 0.25) is 5.91 Å². The summed E-state index contributed by atoms with van der Waals surface area (Å²) in [5, 5.41) is 53.8. The highest BCUT2D eigenvalue weighted by atomic mass is 16.7. The first-order valence-electron chi connectivity index (χ1n) is 18.8. The van der Waals surface area contributed by atoms with Gasteiger partial charge in [0.15, 0.2) is 6.29 Å². The molecule has 7 atom stereocenters. The molecule has 0 aromatic heterocycles. The summed E-state index contributed by atoms with van der Waals surface area (Å²) in [6, 6.07) is -0.851. The Morgan fingerprint density at radius 3 is 1.84 bits per heavy atom. The van der Waals surface area contributed by atoms with Gasteiger partial charge in [0, 0.05) is 6.42 Å². The molecule has 0 aromatic carbocycles. The number of carbonyl (C=O) groups excluding carboxylic acids is 1. The Morgan fingerprint density at radius 2 is 1.24 bits per heavy atom. The van der Waals surface area contributed by atoms with E-state index in [2.05, 4.69) is 92.1 Å². The maximum atomic E-state index is 12.8. The molecule has 0 saturated carbocycles. The number of carbonyl (C=O) groups is 1. The van der Waals surface area contributed by atoms with Crippen molar-refractivity contribution >= 4 is 5.91 Å². The molecule has 9 heteroatoms. The van der Waals surface area contributed by atoms with E-state index >= 15 is 0 Å². The van der Waals surface area contributed by atoms with Gasteiger partial charge in [0.25, 0.3) is 0 Å². The minimum atomic E-state index is -1.58. The lowest BCUT2D eigenvalue weighted by Crippen LogP contribution is -2.60. The van der Waals surface area contributed by atoms with Crippen LogP contribution in [0.5, 0.6) is 0 Å². The van der Waals surface area contributed by atoms with Crippen LogP contribution in [0, 0.1) is 0 Å². The monoisotopic (exact) mass is 701 g/mol. The zero-order valence-corrected chi connectivity index (χ0v) is 30.6. The lowest BCUT2D eigenvalue weighted by atomic mass is 9.99. The highest BCUT2D eigenvalue weighted by Gasteiger charge is 2.44. The minimum Gasteiger partial charge on any atom is -0.394 e. The Labute approximate surface area is 301 Å². The number of rotatable bonds is 28. The van der Waals surface area contributed by atoms with Crippen LogP contribution in [0.3, 0.4) is 0 Å². The van der Waals surface area contributed by atoms with Gasteiger partial charge in [0.05, 0.1) is 25.4 Å². The molecule has 1 fully saturated rings. The van der Waals surface area contributed by atoms with E-state index in [0.717, 1.165) is 64.2 Å². The van der Waals surface area contributed by atoms with E-state index in [1.165, 1.54) is 12.8 Å². The molecular formula is C41H67NO8. The predicted molar refractivity (Wildman–Crippen MR) is 202 cm³/mol. The van der Waals surface area contributed by atoms with Crippen molar-refractivity contribution in [1.29, 1.82) is 0 Å². The van der Waals surface area contributed by atoms with E-state index in [4.69, 9.17) is 9.47 Å². The molecule has 0 radical (unpaired) electrons. The van der Waals surface area contributed by atoms with Crippen molar-refractivity contribution in [3.63, 3.8) is 0 Å². The number of aliphatic hydroxyl groups is 5. The van der Waals surface area contributed by atoms with Crippen molar-refractivity contribution in [2.24, 2.45) is 0 Å². The number of allylic oxidation sites excluding steroid dienone is 13. The SMILES string of the molecule is CC/C=C\C/C=C\C/C=C\C/C=C\CCCCC(=O)NC(COC1OC(CO)C(O)C(O)C1O)C(O)/C=C/CC/C=C/CC/C=C/CCCC. The van der Waals surface area contributed by atoms with Crippen molar-refractivity contribution in [2.75, 3.05) is 13.2 Å². The zero-order chi connectivity index (χ0) is 36.7. The molecule has 6 N–H and O–H groups in total. The van der Waals surface area contributed by atoms with E-state index in [1.54, 1.807) is 6.08 Å². The lowest BCUT2D eigenvalue weighted by Gasteiger charge is -2.40. The van der Waals surface area contributed by atoms with Gasteiger partial charge < -0.3 is 40.3 Å². The zero-order valence-electron chi connectivity index (χ0n) is 30.6. The summed E-state index contributed by atoms with van der Waals surface area (Å²) in [5.41, 5.74) is 0. The third-order valence-electron chi connectivity index (χ3n) is 8.18. The molecule has 1 aliphatic heterocycles. The Morgan fingerprint density at radius 1 is 0.700 bits per heavy atom. The number of nitrogens with one attached hydrogen (secondary N) is 1. The molecule has 50 heavy (non-hydrogen) atoms. The highest BCUT2D eigenvalue weighted by molar-refractivity contribution is 5.76. The summed E-state index contributed by atoms with van der Waals surface area (Å²) in [6.07, 6.45) is 34.9. The molecule has 0 bridgehead atoms. The van der Waals surface area contributed by atoms with Crippen LogP contribution in [0.15, 0.2) is 85.1 Å². The van der Waals surface area contributed by atoms with Gasteiger partial charge in [-0.2, -0.15) is 0 Å². The second-order valence-corrected chi connectivity index (χ2v) is 12.6. The first-order valence-corrected chi connectivity index (χ1v) is 18.8. The largest absolute Gasteiger partial charge is 0.394 e. The molecule has 9 nitrogen and oxygen atoms in total. The number of unbranched alkanes of at least 4 members (excludes halogenated alkanes) is 6. The van der Waals surface area contributed by atoms with E-state index in [0.29, 0.717) is 12.8 Å². The first kappa shape index (κ1) is 45.4. The van der Waals surface area contributed by atoms with E-state index in [-0.39, 0.29) is 18.9 Å². The molecule has 284 valence electrons. The fourth-order valence-corrected chi connectivity index (χ4v) is 5.10. The summed E-state index contributed by atoms with van der Waals surface area (Å²) >= 11 is 0. The van der Waals surface area contributed by atoms with Crippen molar-refractivity contribution in [3.05, 3.63) is 85.1 Å². The van der Waals surface area contributed by atoms with Crippen molar-refractivity contribution < 1.29 is 39.8 Å². The Balaban J connectivity index is 2.55. The second-order valence-electron chi connectivity index (χ2n) is 12.6. The van der Waals surface area contributed by atoms with Crippen LogP contribution in [0.2, 0.25) is 0 Å². The first-order chi connectivity index (χ1) is 24.3. The number of aliphatic hydroxyl groups excluding tert-OH is 5. The van der Waals surface area contributed by atoms with Crippen LogP contribution in [-0.2, 0) is 14.3 Å². The average Bonchev–Trinajstić information content (AvgIpc) is 3.11. The van der Waals surface area contributed by atoms with Crippen LogP contribution in [-0.4, -0.2) is 87.5 Å². The van der Waals surface area contributed by atoms with Gasteiger partial charge in [-0.3, -0.25) is 4.79 Å². The minimum absolute atomic E-state index is 0.229. The fraction of sp³-hybridized carbons (Fsp3) is 0.634. The number of hydrogen-bond acceptors (Lipinski definition) is 8. The average molecular weight is 702 g/mol. The number of ether oxygens (including phenoxy) is 2. The van der Waals surface area contributed by atoms with Gasteiger partial charge in [0.1, 0.15) is 24.4 Å². The molecule has 1 aliphatic rings. The molecule has 1 amide bonds. The molecule has 0 spiro atoms. The highest BCUT2D eigenvalue weighted by Crippen LogP contribution is 2.22. The van der Waals surface area contributed by atoms with Crippen molar-refractivity contribution in [1.82, 2.24) is 5.32 Å². The smallest absolute Gasteiger partial charge is 0.220 e. The second kappa shape index (κ2) is 31.1. The summed E-state index contributed by atoms with van der Waals surface area (Å²) in [7, 11) is 0. The predicted octanol–water partition coefficient (Wildman–Crippen LogP) is 6.43. The molecule has 0 aromatic rings. The molecule has 1 rings (SSSR count). The maximum Gasteiger partial charge on any atom is 0.220 e. The van der Waals surface area contributed by atoms with Crippen LogP contribution < -0.4 is 5.32 Å². The molecule has 7 unspecified atom stereocenters. The summed E-state index contributed by atoms with van der Waals surface area (Å²) < 4.78 is 11.1. The standard InChI is InChI=1S/C41H67NO8/c1-3-5-7-9-11-13-15-17-18-19-21-23-25-27-29-31-37(45)42-34(33-49-41-40(48)39(47)38(46)36(32-43)50-41)35(44)30-28-26-24-22-20-16-14-12-10-8-6-4-2/h5,7,10-13,17-18,20-23,28,30,34-36,38-41,43-44,46-48H,3-4,6,8-9,14-16,19,24-27,29,31-33H2,1-2H3,(H,42,45)/b7-5-,12-10+,13-11-,18-17-,22-20+,23-21-,30-28+. The van der Waals surface area contributed by atoms with Gasteiger partial charge in [-0.1, -0.05) is 112 Å². The van der Waals surface area contributed by atoms with Gasteiger partial charge in [-0.15, -0.1) is 0 Å². The Bertz CT molecular complexity index is 1050. The topological polar surface area (TPSA) is 149 Å². The van der Waals surface area contributed by atoms with Gasteiger partial charge >= 0.3 is 0 Å². The maximum absolute atomic E-state index is 12.8. The van der Waals surface area contributed by atoms with E-state index in [1.807, 2.05) is 6.08 Å². The molecule has 0 aliphatic carbocycles. The van der Waals surface area contributed by atoms with Crippen molar-refractivity contribution in [3.8, 4) is 0 Å². The number of amides is 1. The van der Waals surface area contributed by atoms with Crippen LogP contribution in [0.1, 0.15) is 110 Å². The Hall–Kier alpha value is -2.63. The summed E-state index contributed by atoms with van der Waals surface area (Å²) in [5.74, 6) is -0.239. The molecular weight excluding hydrogens is 634 g/mol. The van der Waals surface area contributed by atoms with Crippen molar-refractivity contribution in [2.45, 2.75) is 153 Å². The lowest BCUT2D eigenvalue weighted by molar-refractivity contribution is -0.302. The molecule has 1 saturated heterocycles. The van der Waals surface area contributed by atoms with Crippen LogP contribution >= 0.6 is 0 Å². The summed E-state index contributed by atoms with van der Waals surface area (Å²) in [6.45, 7) is 3.51. The van der Waals surface area contributed by atoms with Crippen LogP contribution in [0.4, 0.5) is 0 Å². The summed E-state index contributed by atoms with van der Waals surface area (Å²) in [4.78, 5) is 12.8. The number of hydrogen-bond donors (Lipinski definition) is 6. The quantitative estimate of drug-likeness (QED) is 0.0404. The normalized spacial score (nSPS) is 23.2.